The number of carbonyl (C=O) groups excluding carboxylic acids is 2. The van der Waals surface area contributed by atoms with Gasteiger partial charge in [0.05, 0.1) is 23.8 Å². The number of ether oxygens (including phenoxy) is 2. The number of aromatic nitrogens is 3. The summed E-state index contributed by atoms with van der Waals surface area (Å²) in [6.45, 7) is 3.36. The van der Waals surface area contributed by atoms with E-state index in [1.807, 2.05) is 17.5 Å². The molecule has 4 rings (SSSR count). The molecule has 10 heteroatoms. The van der Waals surface area contributed by atoms with Gasteiger partial charge in [-0.25, -0.2) is 13.9 Å². The van der Waals surface area contributed by atoms with Gasteiger partial charge in [-0.15, -0.1) is 16.4 Å². The van der Waals surface area contributed by atoms with Crippen LogP contribution in [0.25, 0.3) is 16.4 Å². The van der Waals surface area contributed by atoms with Crippen LogP contribution in [0.4, 0.5) is 4.39 Å². The Morgan fingerprint density at radius 1 is 1.20 bits per heavy atom. The van der Waals surface area contributed by atoms with Crippen LogP contribution >= 0.6 is 11.3 Å². The van der Waals surface area contributed by atoms with Crippen molar-refractivity contribution in [3.8, 4) is 16.4 Å². The van der Waals surface area contributed by atoms with Crippen LogP contribution < -0.4 is 0 Å². The highest BCUT2D eigenvalue weighted by atomic mass is 32.1. The van der Waals surface area contributed by atoms with Gasteiger partial charge in [-0.05, 0) is 42.6 Å². The van der Waals surface area contributed by atoms with Gasteiger partial charge in [0.25, 0.3) is 11.7 Å². The Kier molecular flexibility index (Phi) is 5.86. The molecule has 8 nitrogen and oxygen atoms in total. The third-order valence-electron chi connectivity index (χ3n) is 4.56. The number of hydrogen-bond acceptors (Lipinski definition) is 7. The molecule has 2 aromatic heterocycles. The Balaban J connectivity index is 1.57. The van der Waals surface area contributed by atoms with Crippen molar-refractivity contribution in [3.63, 3.8) is 0 Å². The molecule has 1 aliphatic heterocycles. The SMILES string of the molecule is CC(OC(=O)c1nc(-c2cccs2)n(-c2ccc(F)cc2)n1)C(=O)N1CCOCC1. The van der Waals surface area contributed by atoms with Gasteiger partial charge < -0.3 is 14.4 Å². The monoisotopic (exact) mass is 430 g/mol. The van der Waals surface area contributed by atoms with Crippen molar-refractivity contribution in [2.45, 2.75) is 13.0 Å². The number of morpholine rings is 1. The highest BCUT2D eigenvalue weighted by molar-refractivity contribution is 7.13. The number of carbonyl (C=O) groups is 2. The third kappa shape index (κ3) is 4.24. The summed E-state index contributed by atoms with van der Waals surface area (Å²) in [6.07, 6.45) is -0.974. The number of hydrogen-bond donors (Lipinski definition) is 0. The number of nitrogens with zero attached hydrogens (tertiary/aromatic N) is 4. The van der Waals surface area contributed by atoms with E-state index in [0.717, 1.165) is 4.88 Å². The van der Waals surface area contributed by atoms with Crippen LogP contribution in [0.3, 0.4) is 0 Å². The summed E-state index contributed by atoms with van der Waals surface area (Å²) in [5.41, 5.74) is 0.545. The fourth-order valence-electron chi connectivity index (χ4n) is 3.03. The molecule has 0 aliphatic carbocycles. The molecule has 1 amide bonds. The van der Waals surface area contributed by atoms with Crippen molar-refractivity contribution in [3.05, 3.63) is 53.4 Å². The van der Waals surface area contributed by atoms with Crippen LogP contribution in [0, 0.1) is 5.82 Å². The molecule has 1 fully saturated rings. The fourth-order valence-corrected chi connectivity index (χ4v) is 3.73. The van der Waals surface area contributed by atoms with E-state index in [2.05, 4.69) is 10.1 Å². The lowest BCUT2D eigenvalue weighted by molar-refractivity contribution is -0.143. The zero-order valence-electron chi connectivity index (χ0n) is 16.2. The summed E-state index contributed by atoms with van der Waals surface area (Å²) in [5, 5.41) is 6.14. The lowest BCUT2D eigenvalue weighted by atomic mass is 10.3. The lowest BCUT2D eigenvalue weighted by Crippen LogP contribution is -2.46. The first-order valence-corrected chi connectivity index (χ1v) is 10.3. The molecule has 1 unspecified atom stereocenters. The number of benzene rings is 1. The summed E-state index contributed by atoms with van der Waals surface area (Å²) >= 11 is 1.43. The standard InChI is InChI=1S/C20H19FN4O4S/c1-13(19(26)24-8-10-28-11-9-24)29-20(27)17-22-18(16-3-2-12-30-16)25(23-17)15-6-4-14(21)5-7-15/h2-7,12-13H,8-11H2,1H3. The summed E-state index contributed by atoms with van der Waals surface area (Å²) in [6, 6.07) is 9.38. The minimum atomic E-state index is -0.974. The molecule has 1 atom stereocenters. The van der Waals surface area contributed by atoms with E-state index in [4.69, 9.17) is 9.47 Å². The number of halogens is 1. The number of amides is 1. The minimum absolute atomic E-state index is 0.177. The van der Waals surface area contributed by atoms with Crippen LogP contribution in [0.5, 0.6) is 0 Å². The summed E-state index contributed by atoms with van der Waals surface area (Å²) in [7, 11) is 0. The van der Waals surface area contributed by atoms with Crippen molar-refractivity contribution in [2.75, 3.05) is 26.3 Å². The zero-order chi connectivity index (χ0) is 21.1. The van der Waals surface area contributed by atoms with Crippen molar-refractivity contribution in [2.24, 2.45) is 0 Å². The maximum Gasteiger partial charge on any atom is 0.379 e. The van der Waals surface area contributed by atoms with Gasteiger partial charge in [0.1, 0.15) is 5.82 Å². The molecule has 0 radical (unpaired) electrons. The van der Waals surface area contributed by atoms with Crippen molar-refractivity contribution in [1.29, 1.82) is 0 Å². The van der Waals surface area contributed by atoms with Gasteiger partial charge in [-0.1, -0.05) is 6.07 Å². The lowest BCUT2D eigenvalue weighted by Gasteiger charge is -2.28. The molecule has 0 bridgehead atoms. The van der Waals surface area contributed by atoms with Gasteiger partial charge >= 0.3 is 5.97 Å². The smallest absolute Gasteiger partial charge is 0.379 e. The Morgan fingerprint density at radius 2 is 1.93 bits per heavy atom. The van der Waals surface area contributed by atoms with E-state index < -0.39 is 12.1 Å². The highest BCUT2D eigenvalue weighted by Gasteiger charge is 2.28. The van der Waals surface area contributed by atoms with Crippen LogP contribution in [0.1, 0.15) is 17.5 Å². The van der Waals surface area contributed by atoms with E-state index in [-0.39, 0.29) is 17.5 Å². The second-order valence-electron chi connectivity index (χ2n) is 6.61. The van der Waals surface area contributed by atoms with Gasteiger partial charge in [0.15, 0.2) is 11.9 Å². The third-order valence-corrected chi connectivity index (χ3v) is 5.42. The first kappa shape index (κ1) is 20.2. The predicted octanol–water partition coefficient (Wildman–Crippen LogP) is 2.54. The highest BCUT2D eigenvalue weighted by Crippen LogP contribution is 2.26. The topological polar surface area (TPSA) is 86.5 Å². The normalized spacial score (nSPS) is 15.1. The molecule has 1 aliphatic rings. The summed E-state index contributed by atoms with van der Waals surface area (Å²) < 4.78 is 25.3. The average molecular weight is 430 g/mol. The molecule has 0 N–H and O–H groups in total. The first-order valence-electron chi connectivity index (χ1n) is 9.37. The second-order valence-corrected chi connectivity index (χ2v) is 7.56. The fraction of sp³-hybridized carbons (Fsp3) is 0.300. The molecule has 3 aromatic rings. The molecule has 156 valence electrons. The Labute approximate surface area is 175 Å². The van der Waals surface area contributed by atoms with Crippen LogP contribution in [-0.2, 0) is 14.3 Å². The first-order chi connectivity index (χ1) is 14.5. The zero-order valence-corrected chi connectivity index (χ0v) is 17.0. The van der Waals surface area contributed by atoms with Crippen LogP contribution in [0.15, 0.2) is 41.8 Å². The Bertz CT molecular complexity index is 1030. The molecule has 0 saturated carbocycles. The number of rotatable bonds is 5. The van der Waals surface area contributed by atoms with E-state index in [1.165, 1.54) is 35.1 Å². The van der Waals surface area contributed by atoms with E-state index in [9.17, 15) is 14.0 Å². The van der Waals surface area contributed by atoms with E-state index >= 15 is 0 Å². The van der Waals surface area contributed by atoms with Crippen molar-refractivity contribution < 1.29 is 23.5 Å². The van der Waals surface area contributed by atoms with Gasteiger partial charge in [-0.3, -0.25) is 4.79 Å². The largest absolute Gasteiger partial charge is 0.447 e. The molecule has 0 spiro atoms. The maximum atomic E-state index is 13.3. The Morgan fingerprint density at radius 3 is 2.60 bits per heavy atom. The van der Waals surface area contributed by atoms with Gasteiger partial charge in [0, 0.05) is 13.1 Å². The molecule has 3 heterocycles. The Hall–Kier alpha value is -3.11. The molecular weight excluding hydrogens is 411 g/mol. The summed E-state index contributed by atoms with van der Waals surface area (Å²) in [4.78, 5) is 31.8. The van der Waals surface area contributed by atoms with E-state index in [0.29, 0.717) is 37.8 Å². The maximum absolute atomic E-state index is 13.3. The van der Waals surface area contributed by atoms with Gasteiger partial charge in [-0.2, -0.15) is 4.98 Å². The van der Waals surface area contributed by atoms with E-state index in [1.54, 1.807) is 17.0 Å². The molecule has 30 heavy (non-hydrogen) atoms. The minimum Gasteiger partial charge on any atom is -0.447 e. The molecule has 1 saturated heterocycles. The number of esters is 1. The summed E-state index contributed by atoms with van der Waals surface area (Å²) in [5.74, 6) is -1.22. The molecule has 1 aromatic carbocycles. The quantitative estimate of drug-likeness (QED) is 0.578. The average Bonchev–Trinajstić information content (AvgIpc) is 3.44. The van der Waals surface area contributed by atoms with Crippen LogP contribution in [-0.4, -0.2) is 63.9 Å². The van der Waals surface area contributed by atoms with Crippen LogP contribution in [0.2, 0.25) is 0 Å². The van der Waals surface area contributed by atoms with Crippen molar-refractivity contribution >= 4 is 23.2 Å². The molecular formula is C20H19FN4O4S. The number of thiophene rings is 1. The predicted molar refractivity (Wildman–Crippen MR) is 107 cm³/mol. The second kappa shape index (κ2) is 8.72. The van der Waals surface area contributed by atoms with Crippen molar-refractivity contribution in [1.82, 2.24) is 19.7 Å². The van der Waals surface area contributed by atoms with Gasteiger partial charge in [0.2, 0.25) is 0 Å².